The highest BCUT2D eigenvalue weighted by atomic mass is 19.1. The number of alkyl halides is 1. The summed E-state index contributed by atoms with van der Waals surface area (Å²) in [6.45, 7) is 2.15. The van der Waals surface area contributed by atoms with E-state index in [1.54, 1.807) is 5.56 Å². The van der Waals surface area contributed by atoms with Crippen LogP contribution in [0.4, 0.5) is 4.39 Å². The average Bonchev–Trinajstić information content (AvgIpc) is 2.88. The second-order valence-corrected chi connectivity index (χ2v) is 12.1. The number of rotatable bonds is 10. The van der Waals surface area contributed by atoms with E-state index in [1.807, 2.05) is 0 Å². The lowest BCUT2D eigenvalue weighted by molar-refractivity contribution is 0.108. The van der Waals surface area contributed by atoms with Gasteiger partial charge in [-0.1, -0.05) is 69.7 Å². The van der Waals surface area contributed by atoms with Crippen molar-refractivity contribution in [2.75, 3.05) is 6.67 Å². The van der Waals surface area contributed by atoms with Crippen LogP contribution in [0.1, 0.15) is 133 Å². The highest BCUT2D eigenvalue weighted by Crippen LogP contribution is 2.47. The van der Waals surface area contributed by atoms with Gasteiger partial charge in [-0.25, -0.2) is 0 Å². The molecule has 1 heteroatoms. The number of halogens is 1. The van der Waals surface area contributed by atoms with Crippen molar-refractivity contribution in [1.82, 2.24) is 0 Å². The van der Waals surface area contributed by atoms with E-state index in [0.717, 1.165) is 48.3 Å². The van der Waals surface area contributed by atoms with E-state index in [0.29, 0.717) is 0 Å². The Hall–Kier alpha value is -0.850. The summed E-state index contributed by atoms with van der Waals surface area (Å²) in [4.78, 5) is 0. The summed E-state index contributed by atoms with van der Waals surface area (Å²) in [7, 11) is 0. The van der Waals surface area contributed by atoms with Crippen LogP contribution in [0.3, 0.4) is 0 Å². The third kappa shape index (κ3) is 7.32. The smallest absolute Gasteiger partial charge is 0.0894 e. The number of unbranched alkanes of at least 4 members (excludes halogenated alkanes) is 2. The van der Waals surface area contributed by atoms with Gasteiger partial charge in [-0.3, -0.25) is 4.39 Å². The first-order valence-corrected chi connectivity index (χ1v) is 14.9. The molecule has 3 aliphatic rings. The largest absolute Gasteiger partial charge is 0.251 e. The Morgan fingerprint density at radius 1 is 0.636 bits per heavy atom. The van der Waals surface area contributed by atoms with Crippen LogP contribution in [-0.4, -0.2) is 6.67 Å². The first kappa shape index (κ1) is 25.2. The Morgan fingerprint density at radius 2 is 1.15 bits per heavy atom. The first-order valence-electron chi connectivity index (χ1n) is 14.9. The fourth-order valence-corrected chi connectivity index (χ4v) is 7.91. The summed E-state index contributed by atoms with van der Waals surface area (Å²) in [6, 6.07) is 9.62. The van der Waals surface area contributed by atoms with Crippen LogP contribution in [0.5, 0.6) is 0 Å². The summed E-state index contributed by atoms with van der Waals surface area (Å²) in [5.41, 5.74) is 3.11. The maximum Gasteiger partial charge on any atom is 0.0894 e. The molecule has 0 nitrogen and oxygen atoms in total. The Labute approximate surface area is 204 Å². The Morgan fingerprint density at radius 3 is 1.67 bits per heavy atom. The van der Waals surface area contributed by atoms with Crippen LogP contribution in [0.15, 0.2) is 24.3 Å². The molecule has 0 spiro atoms. The van der Waals surface area contributed by atoms with E-state index in [2.05, 4.69) is 31.2 Å². The Kier molecular flexibility index (Phi) is 10.2. The van der Waals surface area contributed by atoms with Gasteiger partial charge in [0.15, 0.2) is 0 Å². The van der Waals surface area contributed by atoms with Gasteiger partial charge < -0.3 is 0 Å². The molecule has 1 aromatic rings. The van der Waals surface area contributed by atoms with Crippen LogP contribution in [0.2, 0.25) is 0 Å². The lowest BCUT2D eigenvalue weighted by Gasteiger charge is -2.41. The molecule has 3 aliphatic carbocycles. The molecular formula is C32H51F. The lowest BCUT2D eigenvalue weighted by atomic mass is 9.64. The SMILES string of the molecule is CCCc1ccc([C@H]2CC[C@H]([C@H]3CC[C@H]([C@H]4CC[C@H](CCCCCF)CC4)CC3)CC2)cc1. The molecule has 0 amide bonds. The van der Waals surface area contributed by atoms with Crippen molar-refractivity contribution < 1.29 is 4.39 Å². The van der Waals surface area contributed by atoms with Crippen LogP contribution in [0, 0.1) is 29.6 Å². The molecule has 0 aromatic heterocycles. The molecule has 0 unspecified atom stereocenters. The Bertz CT molecular complexity index is 640. The minimum absolute atomic E-state index is 0.121. The van der Waals surface area contributed by atoms with E-state index in [-0.39, 0.29) is 6.67 Å². The highest BCUT2D eigenvalue weighted by Gasteiger charge is 2.34. The molecule has 33 heavy (non-hydrogen) atoms. The lowest BCUT2D eigenvalue weighted by Crippen LogP contribution is -2.29. The van der Waals surface area contributed by atoms with Gasteiger partial charge in [-0.05, 0) is 124 Å². The van der Waals surface area contributed by atoms with Crippen LogP contribution >= 0.6 is 0 Å². The summed E-state index contributed by atoms with van der Waals surface area (Å²) >= 11 is 0. The molecule has 0 aliphatic heterocycles. The third-order valence-corrected chi connectivity index (χ3v) is 10.0. The molecule has 186 valence electrons. The van der Waals surface area contributed by atoms with Gasteiger partial charge in [0.25, 0.3) is 0 Å². The van der Waals surface area contributed by atoms with Gasteiger partial charge in [0.2, 0.25) is 0 Å². The van der Waals surface area contributed by atoms with E-state index in [1.165, 1.54) is 108 Å². The molecule has 1 aromatic carbocycles. The topological polar surface area (TPSA) is 0 Å². The van der Waals surface area contributed by atoms with Gasteiger partial charge in [-0.15, -0.1) is 0 Å². The highest BCUT2D eigenvalue weighted by molar-refractivity contribution is 5.26. The molecule has 0 heterocycles. The van der Waals surface area contributed by atoms with E-state index in [4.69, 9.17) is 0 Å². The summed E-state index contributed by atoms with van der Waals surface area (Å²) in [5, 5.41) is 0. The molecule has 4 rings (SSSR count). The molecule has 3 saturated carbocycles. The van der Waals surface area contributed by atoms with Crippen molar-refractivity contribution in [3.05, 3.63) is 35.4 Å². The number of benzene rings is 1. The van der Waals surface area contributed by atoms with Gasteiger partial charge in [0.1, 0.15) is 0 Å². The van der Waals surface area contributed by atoms with Crippen LogP contribution in [-0.2, 0) is 6.42 Å². The van der Waals surface area contributed by atoms with Crippen molar-refractivity contribution in [2.24, 2.45) is 29.6 Å². The van der Waals surface area contributed by atoms with E-state index < -0.39 is 0 Å². The van der Waals surface area contributed by atoms with Crippen molar-refractivity contribution in [2.45, 2.75) is 128 Å². The molecule has 0 radical (unpaired) electrons. The van der Waals surface area contributed by atoms with Crippen LogP contribution in [0.25, 0.3) is 0 Å². The van der Waals surface area contributed by atoms with E-state index in [9.17, 15) is 4.39 Å². The normalized spacial score (nSPS) is 33.2. The summed E-state index contributed by atoms with van der Waals surface area (Å²) in [6.07, 6.45) is 24.8. The van der Waals surface area contributed by atoms with Crippen molar-refractivity contribution in [1.29, 1.82) is 0 Å². The maximum absolute atomic E-state index is 12.3. The number of aryl methyl sites for hydroxylation is 1. The summed E-state index contributed by atoms with van der Waals surface area (Å²) in [5.74, 6) is 5.88. The minimum atomic E-state index is -0.121. The van der Waals surface area contributed by atoms with Gasteiger partial charge >= 0.3 is 0 Å². The Balaban J connectivity index is 1.13. The zero-order valence-corrected chi connectivity index (χ0v) is 21.6. The molecule has 3 fully saturated rings. The summed E-state index contributed by atoms with van der Waals surface area (Å²) < 4.78 is 12.3. The fraction of sp³-hybridized carbons (Fsp3) is 0.812. The number of hydrogen-bond donors (Lipinski definition) is 0. The van der Waals surface area contributed by atoms with Crippen LogP contribution < -0.4 is 0 Å². The standard InChI is InChI=1S/C32H51F/c1-2-6-25-8-12-27(13-9-25)29-16-20-31(21-17-29)32-22-18-30(19-23-32)28-14-10-26(11-15-28)7-4-3-5-24-33/h8-9,12-13,26,28-32H,2-7,10-11,14-24H2,1H3/t26-,28-,29-,30-,31-,32-. The monoisotopic (exact) mass is 454 g/mol. The predicted molar refractivity (Wildman–Crippen MR) is 140 cm³/mol. The molecule has 0 bridgehead atoms. The number of hydrogen-bond acceptors (Lipinski definition) is 0. The quantitative estimate of drug-likeness (QED) is 0.308. The van der Waals surface area contributed by atoms with Gasteiger partial charge in [-0.2, -0.15) is 0 Å². The molecule has 0 N–H and O–H groups in total. The zero-order chi connectivity index (χ0) is 22.9. The van der Waals surface area contributed by atoms with Gasteiger partial charge in [0, 0.05) is 0 Å². The van der Waals surface area contributed by atoms with Crippen molar-refractivity contribution in [3.8, 4) is 0 Å². The fourth-order valence-electron chi connectivity index (χ4n) is 7.91. The van der Waals surface area contributed by atoms with Gasteiger partial charge in [0.05, 0.1) is 6.67 Å². The molecule has 0 atom stereocenters. The molecule has 0 saturated heterocycles. The zero-order valence-electron chi connectivity index (χ0n) is 21.6. The maximum atomic E-state index is 12.3. The van der Waals surface area contributed by atoms with Crippen molar-refractivity contribution in [3.63, 3.8) is 0 Å². The second-order valence-electron chi connectivity index (χ2n) is 12.1. The average molecular weight is 455 g/mol. The predicted octanol–water partition coefficient (Wildman–Crippen LogP) is 10.1. The molecular weight excluding hydrogens is 403 g/mol. The van der Waals surface area contributed by atoms with E-state index >= 15 is 0 Å². The van der Waals surface area contributed by atoms with Crippen molar-refractivity contribution >= 4 is 0 Å². The first-order chi connectivity index (χ1) is 16.3. The second kappa shape index (κ2) is 13.3. The third-order valence-electron chi connectivity index (χ3n) is 10.0. The minimum Gasteiger partial charge on any atom is -0.251 e.